The van der Waals surface area contributed by atoms with Crippen LogP contribution in [0.2, 0.25) is 0 Å². The molecule has 0 bridgehead atoms. The summed E-state index contributed by atoms with van der Waals surface area (Å²) in [7, 11) is 0. The topological polar surface area (TPSA) is 59.5 Å². The van der Waals surface area contributed by atoms with Gasteiger partial charge >= 0.3 is 0 Å². The molecule has 1 aromatic heterocycles. The first-order valence-electron chi connectivity index (χ1n) is 9.17. The van der Waals surface area contributed by atoms with Crippen molar-refractivity contribution < 1.29 is 14.3 Å². The van der Waals surface area contributed by atoms with Gasteiger partial charge in [-0.25, -0.2) is 0 Å². The maximum absolute atomic E-state index is 13.3. The molecule has 1 amide bonds. The lowest BCUT2D eigenvalue weighted by molar-refractivity contribution is 0.0506. The van der Waals surface area contributed by atoms with Crippen LogP contribution in [0.1, 0.15) is 51.1 Å². The summed E-state index contributed by atoms with van der Waals surface area (Å²) >= 11 is 0. The van der Waals surface area contributed by atoms with Crippen LogP contribution in [0.3, 0.4) is 0 Å². The molecule has 0 spiro atoms. The molecule has 1 aliphatic heterocycles. The number of amides is 1. The quantitative estimate of drug-likeness (QED) is 0.832. The molecule has 0 saturated carbocycles. The summed E-state index contributed by atoms with van der Waals surface area (Å²) in [6.07, 6.45) is 6.72. The summed E-state index contributed by atoms with van der Waals surface area (Å²) in [5.41, 5.74) is 3.29. The van der Waals surface area contributed by atoms with Gasteiger partial charge in [-0.05, 0) is 48.6 Å². The van der Waals surface area contributed by atoms with Gasteiger partial charge in [0.05, 0.1) is 6.10 Å². The minimum Gasteiger partial charge on any atom is -0.376 e. The fraction of sp³-hybridized carbons (Fsp3) is 0.381. The van der Waals surface area contributed by atoms with E-state index in [1.165, 1.54) is 0 Å². The number of hydrogen-bond acceptors (Lipinski definition) is 4. The van der Waals surface area contributed by atoms with E-state index in [-0.39, 0.29) is 17.8 Å². The van der Waals surface area contributed by atoms with Crippen LogP contribution in [0.5, 0.6) is 0 Å². The van der Waals surface area contributed by atoms with Crippen molar-refractivity contribution in [2.75, 3.05) is 13.2 Å². The van der Waals surface area contributed by atoms with Crippen molar-refractivity contribution in [2.24, 2.45) is 0 Å². The number of benzene rings is 1. The molecule has 1 fully saturated rings. The maximum atomic E-state index is 13.3. The zero-order valence-electron chi connectivity index (χ0n) is 14.7. The van der Waals surface area contributed by atoms with Gasteiger partial charge in [-0.2, -0.15) is 0 Å². The van der Waals surface area contributed by atoms with E-state index >= 15 is 0 Å². The average molecular weight is 350 g/mol. The standard InChI is InChI=1S/C21H22N2O3/c24-20-7-6-17-18(20)4-1-5-19(17)21(25)23(14-16-3-2-12-26-16)13-15-8-10-22-11-9-15/h1,4-5,8-11,16H,2-3,6-7,12-14H2. The highest BCUT2D eigenvalue weighted by atomic mass is 16.5. The van der Waals surface area contributed by atoms with Crippen LogP contribution in [0.4, 0.5) is 0 Å². The van der Waals surface area contributed by atoms with Gasteiger partial charge in [0.2, 0.25) is 0 Å². The Hall–Kier alpha value is -2.53. The SMILES string of the molecule is O=C1CCc2c1cccc2C(=O)N(Cc1ccncc1)CC1CCCO1. The van der Waals surface area contributed by atoms with Crippen LogP contribution in [0.15, 0.2) is 42.7 Å². The van der Waals surface area contributed by atoms with Gasteiger partial charge in [-0.1, -0.05) is 12.1 Å². The Morgan fingerprint density at radius 2 is 2.04 bits per heavy atom. The minimum absolute atomic E-state index is 0.0242. The second kappa shape index (κ2) is 7.38. The maximum Gasteiger partial charge on any atom is 0.254 e. The number of fused-ring (bicyclic) bond motifs is 1. The molecule has 1 aromatic carbocycles. The minimum atomic E-state index is -0.0242. The van der Waals surface area contributed by atoms with Crippen LogP contribution in [-0.4, -0.2) is 40.8 Å². The third kappa shape index (κ3) is 3.40. The second-order valence-corrected chi connectivity index (χ2v) is 6.93. The number of ketones is 1. The van der Waals surface area contributed by atoms with Gasteiger partial charge in [0.25, 0.3) is 5.91 Å². The van der Waals surface area contributed by atoms with Gasteiger partial charge in [0.15, 0.2) is 5.78 Å². The van der Waals surface area contributed by atoms with E-state index in [0.29, 0.717) is 37.1 Å². The average Bonchev–Trinajstić information content (AvgIpc) is 3.31. The fourth-order valence-electron chi connectivity index (χ4n) is 3.82. The number of carbonyl (C=O) groups is 2. The lowest BCUT2D eigenvalue weighted by atomic mass is 10.0. The molecule has 1 aliphatic carbocycles. The van der Waals surface area contributed by atoms with E-state index in [1.807, 2.05) is 35.2 Å². The number of ether oxygens (including phenoxy) is 1. The number of Topliss-reactive ketones (excluding diaryl/α,β-unsaturated/α-hetero) is 1. The summed E-state index contributed by atoms with van der Waals surface area (Å²) in [6.45, 7) is 1.84. The Balaban J connectivity index is 1.62. The molecule has 2 aromatic rings. The molecule has 2 aliphatic rings. The number of hydrogen-bond donors (Lipinski definition) is 0. The van der Waals surface area contributed by atoms with E-state index < -0.39 is 0 Å². The first-order valence-corrected chi connectivity index (χ1v) is 9.17. The van der Waals surface area contributed by atoms with Gasteiger partial charge < -0.3 is 9.64 Å². The zero-order chi connectivity index (χ0) is 17.9. The van der Waals surface area contributed by atoms with Crippen LogP contribution >= 0.6 is 0 Å². The van der Waals surface area contributed by atoms with Crippen LogP contribution in [-0.2, 0) is 17.7 Å². The number of nitrogens with zero attached hydrogens (tertiary/aromatic N) is 2. The predicted molar refractivity (Wildman–Crippen MR) is 97.0 cm³/mol. The Bertz CT molecular complexity index is 813. The molecule has 134 valence electrons. The molecule has 0 radical (unpaired) electrons. The van der Waals surface area contributed by atoms with Crippen LogP contribution < -0.4 is 0 Å². The van der Waals surface area contributed by atoms with Crippen molar-refractivity contribution in [3.05, 3.63) is 65.0 Å². The van der Waals surface area contributed by atoms with Crippen molar-refractivity contribution >= 4 is 11.7 Å². The Kier molecular flexibility index (Phi) is 4.80. The third-order valence-electron chi connectivity index (χ3n) is 5.17. The van der Waals surface area contributed by atoms with Gasteiger partial charge in [0, 0.05) is 49.6 Å². The molecular weight excluding hydrogens is 328 g/mol. The molecule has 4 rings (SSSR count). The van der Waals surface area contributed by atoms with Gasteiger partial charge in [0.1, 0.15) is 0 Å². The third-order valence-corrected chi connectivity index (χ3v) is 5.17. The lowest BCUT2D eigenvalue weighted by Gasteiger charge is -2.26. The van der Waals surface area contributed by atoms with E-state index in [4.69, 9.17) is 4.74 Å². The number of pyridine rings is 1. The Morgan fingerprint density at radius 1 is 1.19 bits per heavy atom. The highest BCUT2D eigenvalue weighted by Gasteiger charge is 2.29. The zero-order valence-corrected chi connectivity index (χ0v) is 14.7. The molecule has 5 nitrogen and oxygen atoms in total. The normalized spacial score (nSPS) is 18.8. The summed E-state index contributed by atoms with van der Waals surface area (Å²) in [5, 5.41) is 0. The first kappa shape index (κ1) is 16.9. The number of aromatic nitrogens is 1. The van der Waals surface area contributed by atoms with E-state index in [2.05, 4.69) is 4.98 Å². The molecule has 26 heavy (non-hydrogen) atoms. The first-order chi connectivity index (χ1) is 12.7. The lowest BCUT2D eigenvalue weighted by Crippen LogP contribution is -2.37. The molecule has 1 atom stereocenters. The molecule has 1 unspecified atom stereocenters. The van der Waals surface area contributed by atoms with Crippen molar-refractivity contribution in [3.8, 4) is 0 Å². The molecule has 2 heterocycles. The van der Waals surface area contributed by atoms with Crippen molar-refractivity contribution in [2.45, 2.75) is 38.3 Å². The Labute approximate surface area is 153 Å². The summed E-state index contributed by atoms with van der Waals surface area (Å²) < 4.78 is 5.76. The summed E-state index contributed by atoms with van der Waals surface area (Å²) in [4.78, 5) is 31.3. The molecule has 0 N–H and O–H groups in total. The Morgan fingerprint density at radius 3 is 2.81 bits per heavy atom. The summed E-state index contributed by atoms with van der Waals surface area (Å²) in [6, 6.07) is 9.33. The molecule has 5 heteroatoms. The van der Waals surface area contributed by atoms with E-state index in [0.717, 1.165) is 30.6 Å². The van der Waals surface area contributed by atoms with Crippen LogP contribution in [0.25, 0.3) is 0 Å². The number of carbonyl (C=O) groups excluding carboxylic acids is 2. The van der Waals surface area contributed by atoms with Crippen molar-refractivity contribution in [1.29, 1.82) is 0 Å². The van der Waals surface area contributed by atoms with Crippen molar-refractivity contribution in [3.63, 3.8) is 0 Å². The van der Waals surface area contributed by atoms with Gasteiger partial charge in [-0.3, -0.25) is 14.6 Å². The monoisotopic (exact) mass is 350 g/mol. The predicted octanol–water partition coefficient (Wildman–Crippen LogP) is 3.03. The highest BCUT2D eigenvalue weighted by molar-refractivity contribution is 6.05. The highest BCUT2D eigenvalue weighted by Crippen LogP contribution is 2.27. The largest absolute Gasteiger partial charge is 0.376 e. The van der Waals surface area contributed by atoms with E-state index in [1.54, 1.807) is 12.4 Å². The molecular formula is C21H22N2O3. The fourth-order valence-corrected chi connectivity index (χ4v) is 3.82. The van der Waals surface area contributed by atoms with E-state index in [9.17, 15) is 9.59 Å². The van der Waals surface area contributed by atoms with Crippen molar-refractivity contribution in [1.82, 2.24) is 9.88 Å². The number of rotatable bonds is 5. The van der Waals surface area contributed by atoms with Crippen LogP contribution in [0, 0.1) is 0 Å². The smallest absolute Gasteiger partial charge is 0.254 e. The second-order valence-electron chi connectivity index (χ2n) is 6.93. The van der Waals surface area contributed by atoms with Gasteiger partial charge in [-0.15, -0.1) is 0 Å². The molecule has 1 saturated heterocycles. The summed E-state index contributed by atoms with van der Waals surface area (Å²) in [5.74, 6) is 0.110.